The van der Waals surface area contributed by atoms with Crippen molar-refractivity contribution >= 4 is 28.1 Å². The fourth-order valence-electron chi connectivity index (χ4n) is 6.18. The fourth-order valence-corrected chi connectivity index (χ4v) is 6.18. The molecule has 1 saturated heterocycles. The highest BCUT2D eigenvalue weighted by Gasteiger charge is 2.21. The Morgan fingerprint density at radius 2 is 1.33 bits per heavy atom. The Labute approximate surface area is 266 Å². The Kier molecular flexibility index (Phi) is 9.36. The highest BCUT2D eigenvalue weighted by Crippen LogP contribution is 2.39. The van der Waals surface area contributed by atoms with Gasteiger partial charge in [0.25, 0.3) is 0 Å². The van der Waals surface area contributed by atoms with Gasteiger partial charge in [-0.25, -0.2) is 4.98 Å². The minimum atomic E-state index is 0.0197. The van der Waals surface area contributed by atoms with E-state index >= 15 is 0 Å². The predicted molar refractivity (Wildman–Crippen MR) is 185 cm³/mol. The van der Waals surface area contributed by atoms with Gasteiger partial charge in [-0.3, -0.25) is 4.90 Å². The normalized spacial score (nSPS) is 13.9. The van der Waals surface area contributed by atoms with Gasteiger partial charge in [-0.2, -0.15) is 0 Å². The highest BCUT2D eigenvalue weighted by molar-refractivity contribution is 6.01. The van der Waals surface area contributed by atoms with Crippen LogP contribution in [-0.2, 0) is 19.6 Å². The number of anilines is 3. The Morgan fingerprint density at radius 3 is 1.91 bits per heavy atom. The summed E-state index contributed by atoms with van der Waals surface area (Å²) in [6.07, 6.45) is 2.61. The van der Waals surface area contributed by atoms with Gasteiger partial charge in [0.15, 0.2) is 5.82 Å². The Morgan fingerprint density at radius 1 is 0.778 bits per heavy atom. The van der Waals surface area contributed by atoms with Crippen LogP contribution in [0.3, 0.4) is 0 Å². The molecule has 0 spiro atoms. The van der Waals surface area contributed by atoms with Crippen molar-refractivity contribution in [3.63, 3.8) is 0 Å². The van der Waals surface area contributed by atoms with Gasteiger partial charge in [0.05, 0.1) is 37.2 Å². The number of rotatable bonds is 12. The molecule has 1 aromatic heterocycles. The number of nitrogens with two attached hydrogens (primary N) is 1. The number of ether oxygens (including phenoxy) is 2. The maximum atomic E-state index is 7.08. The molecule has 3 N–H and O–H groups in total. The van der Waals surface area contributed by atoms with E-state index in [0.717, 1.165) is 45.8 Å². The van der Waals surface area contributed by atoms with Crippen molar-refractivity contribution in [2.75, 3.05) is 43.3 Å². The first-order valence-electron chi connectivity index (χ1n) is 15.8. The van der Waals surface area contributed by atoms with Crippen LogP contribution in [0.25, 0.3) is 10.9 Å². The lowest BCUT2D eigenvalue weighted by molar-refractivity contribution is 0.331. The van der Waals surface area contributed by atoms with Crippen LogP contribution in [0.1, 0.15) is 48.1 Å². The second-order valence-electron chi connectivity index (χ2n) is 11.9. The predicted octanol–water partition coefficient (Wildman–Crippen LogP) is 7.81. The molecular weight excluding hydrogens is 558 g/mol. The van der Waals surface area contributed by atoms with Crippen LogP contribution in [0.4, 0.5) is 17.2 Å². The van der Waals surface area contributed by atoms with Crippen LogP contribution in [0.2, 0.25) is 0 Å². The zero-order valence-electron chi connectivity index (χ0n) is 26.5. The second kappa shape index (κ2) is 13.9. The fraction of sp³-hybridized carbons (Fsp3) is 0.289. The average molecular weight is 602 g/mol. The number of hydrogen-bond donors (Lipinski definition) is 2. The van der Waals surface area contributed by atoms with E-state index in [2.05, 4.69) is 82.7 Å². The molecule has 5 aromatic rings. The molecule has 7 heteroatoms. The van der Waals surface area contributed by atoms with Crippen molar-refractivity contribution in [2.45, 2.75) is 45.4 Å². The van der Waals surface area contributed by atoms with Crippen LogP contribution in [0.5, 0.6) is 11.5 Å². The second-order valence-corrected chi connectivity index (χ2v) is 11.9. The summed E-state index contributed by atoms with van der Waals surface area (Å²) in [7, 11) is 3.38. The Balaban J connectivity index is 1.33. The lowest BCUT2D eigenvalue weighted by atomic mass is 10.0. The molecule has 0 radical (unpaired) electrons. The molecule has 45 heavy (non-hydrogen) atoms. The largest absolute Gasteiger partial charge is 0.497 e. The summed E-state index contributed by atoms with van der Waals surface area (Å²) in [5.74, 6) is 2.35. The van der Waals surface area contributed by atoms with Crippen LogP contribution >= 0.6 is 0 Å². The van der Waals surface area contributed by atoms with E-state index in [1.54, 1.807) is 14.2 Å². The third-order valence-electron chi connectivity index (χ3n) is 8.72. The maximum absolute atomic E-state index is 7.08. The first-order chi connectivity index (χ1) is 22.0. The highest BCUT2D eigenvalue weighted by atomic mass is 16.5. The van der Waals surface area contributed by atoms with Crippen LogP contribution in [-0.4, -0.2) is 37.2 Å². The molecule has 2 heterocycles. The van der Waals surface area contributed by atoms with Crippen molar-refractivity contribution in [1.82, 2.24) is 9.88 Å². The van der Waals surface area contributed by atoms with E-state index < -0.39 is 0 Å². The minimum Gasteiger partial charge on any atom is -0.497 e. The van der Waals surface area contributed by atoms with Crippen LogP contribution < -0.4 is 25.4 Å². The first-order valence-corrected chi connectivity index (χ1v) is 15.8. The smallest absolute Gasteiger partial charge is 0.152 e. The molecule has 1 atom stereocenters. The zero-order chi connectivity index (χ0) is 31.2. The third kappa shape index (κ3) is 7.15. The molecule has 4 aromatic carbocycles. The summed E-state index contributed by atoms with van der Waals surface area (Å²) in [6.45, 7) is 6.88. The summed E-state index contributed by atoms with van der Waals surface area (Å²) in [6, 6.07) is 33.6. The number of hydrogen-bond acceptors (Lipinski definition) is 7. The first kappa shape index (κ1) is 30.3. The number of nitrogen functional groups attached to an aromatic ring is 1. The number of fused-ring (bicyclic) bond motifs is 1. The van der Waals surface area contributed by atoms with Gasteiger partial charge in [0, 0.05) is 25.0 Å². The van der Waals surface area contributed by atoms with Crippen molar-refractivity contribution in [3.8, 4) is 11.5 Å². The summed E-state index contributed by atoms with van der Waals surface area (Å²) >= 11 is 0. The number of likely N-dealkylation sites (tertiary alicyclic amines) is 1. The zero-order valence-corrected chi connectivity index (χ0v) is 26.5. The van der Waals surface area contributed by atoms with Crippen LogP contribution in [0.15, 0.2) is 97.1 Å². The van der Waals surface area contributed by atoms with E-state index in [-0.39, 0.29) is 6.04 Å². The van der Waals surface area contributed by atoms with Gasteiger partial charge in [0.1, 0.15) is 11.5 Å². The lowest BCUT2D eigenvalue weighted by Gasteiger charge is -2.29. The molecular formula is C38H43N5O2. The molecule has 232 valence electrons. The summed E-state index contributed by atoms with van der Waals surface area (Å²) in [5.41, 5.74) is 14.4. The number of benzene rings is 4. The van der Waals surface area contributed by atoms with E-state index in [9.17, 15) is 0 Å². The SMILES string of the molecule is COc1ccc(CN(Cc2ccc(OC)cc2)c2c(N)c(NC(C)c3ccc(CN4CCCC4)cc3)nc3ccccc23)cc1. The lowest BCUT2D eigenvalue weighted by Crippen LogP contribution is -2.24. The Hall–Kier alpha value is -4.75. The van der Waals surface area contributed by atoms with E-state index in [0.29, 0.717) is 24.6 Å². The molecule has 7 nitrogen and oxygen atoms in total. The van der Waals surface area contributed by atoms with Crippen molar-refractivity contribution < 1.29 is 9.47 Å². The quantitative estimate of drug-likeness (QED) is 0.151. The molecule has 0 amide bonds. The summed E-state index contributed by atoms with van der Waals surface area (Å²) in [4.78, 5) is 9.89. The summed E-state index contributed by atoms with van der Waals surface area (Å²) < 4.78 is 10.8. The van der Waals surface area contributed by atoms with Crippen LogP contribution in [0, 0.1) is 0 Å². The molecule has 0 bridgehead atoms. The number of aromatic nitrogens is 1. The molecule has 0 aliphatic carbocycles. The topological polar surface area (TPSA) is 75.9 Å². The number of para-hydroxylation sites is 1. The van der Waals surface area contributed by atoms with Crippen molar-refractivity contribution in [1.29, 1.82) is 0 Å². The molecule has 0 saturated carbocycles. The maximum Gasteiger partial charge on any atom is 0.152 e. The van der Waals surface area contributed by atoms with E-state index in [4.69, 9.17) is 20.2 Å². The number of pyridine rings is 1. The van der Waals surface area contributed by atoms with Gasteiger partial charge >= 0.3 is 0 Å². The minimum absolute atomic E-state index is 0.0197. The molecule has 6 rings (SSSR count). The van der Waals surface area contributed by atoms with E-state index in [1.165, 1.54) is 37.1 Å². The number of nitrogens with zero attached hydrogens (tertiary/aromatic N) is 3. The van der Waals surface area contributed by atoms with Crippen molar-refractivity contribution in [3.05, 3.63) is 119 Å². The van der Waals surface area contributed by atoms with Gasteiger partial charge in [-0.05, 0) is 85.4 Å². The van der Waals surface area contributed by atoms with Gasteiger partial charge in [-0.15, -0.1) is 0 Å². The van der Waals surface area contributed by atoms with Crippen molar-refractivity contribution in [2.24, 2.45) is 0 Å². The van der Waals surface area contributed by atoms with Gasteiger partial charge in [-0.1, -0.05) is 66.7 Å². The number of methoxy groups -OCH3 is 2. The average Bonchev–Trinajstić information content (AvgIpc) is 3.59. The monoisotopic (exact) mass is 601 g/mol. The molecule has 1 aliphatic rings. The summed E-state index contributed by atoms with van der Waals surface area (Å²) in [5, 5.41) is 4.67. The van der Waals surface area contributed by atoms with Gasteiger partial charge < -0.3 is 25.4 Å². The number of nitrogens with one attached hydrogen (secondary N) is 1. The molecule has 1 fully saturated rings. The standard InChI is InChI=1S/C38H43N5O2/c1-27(31-16-10-28(11-17-31)24-42-22-6-7-23-42)40-38-36(39)37(34-8-4-5-9-35(34)41-38)43(25-29-12-18-32(44-2)19-13-29)26-30-14-20-33(45-3)21-15-30/h4-5,8-21,27H,6-7,22-26,39H2,1-3H3,(H,40,41). The van der Waals surface area contributed by atoms with E-state index in [1.807, 2.05) is 36.4 Å². The van der Waals surface area contributed by atoms with Gasteiger partial charge in [0.2, 0.25) is 0 Å². The third-order valence-corrected chi connectivity index (χ3v) is 8.72. The molecule has 1 aliphatic heterocycles. The molecule has 1 unspecified atom stereocenters. The Bertz CT molecular complexity index is 1650.